The number of imidazole rings is 1. The molecule has 148 valence electrons. The Morgan fingerprint density at radius 2 is 2.00 bits per heavy atom. The predicted octanol–water partition coefficient (Wildman–Crippen LogP) is 0.961. The average molecular weight is 404 g/mol. The van der Waals surface area contributed by atoms with E-state index in [0.717, 1.165) is 12.8 Å². The molecule has 0 radical (unpaired) electrons. The number of hydrogen-bond donors (Lipinski definition) is 4. The number of aromatic nitrogens is 4. The van der Waals surface area contributed by atoms with E-state index in [1.54, 1.807) is 17.0 Å². The van der Waals surface area contributed by atoms with Gasteiger partial charge in [-0.3, -0.25) is 18.9 Å². The van der Waals surface area contributed by atoms with Crippen molar-refractivity contribution in [2.45, 2.75) is 25.9 Å². The third-order valence-corrected chi connectivity index (χ3v) is 4.94. The van der Waals surface area contributed by atoms with Crippen LogP contribution in [0.25, 0.3) is 11.2 Å². The Morgan fingerprint density at radius 3 is 2.71 bits per heavy atom. The van der Waals surface area contributed by atoms with E-state index in [-0.39, 0.29) is 17.7 Å². The number of nitrogens with one attached hydrogen (secondary N) is 1. The van der Waals surface area contributed by atoms with E-state index in [9.17, 15) is 9.36 Å². The summed E-state index contributed by atoms with van der Waals surface area (Å²) in [7, 11) is -4.08. The molecule has 0 bridgehead atoms. The van der Waals surface area contributed by atoms with Crippen LogP contribution in [-0.4, -0.2) is 30.5 Å². The van der Waals surface area contributed by atoms with Crippen LogP contribution < -0.4 is 15.9 Å². The van der Waals surface area contributed by atoms with Crippen molar-refractivity contribution in [2.75, 3.05) is 11.9 Å². The SMILES string of the molecule is Nc1nc2c(c(=O)[nH]1)n(CCCc1ccccc1)c[n+]2C/C=C\CP(=O)(O)O. The molecule has 3 aromatic rings. The molecule has 0 aliphatic rings. The highest BCUT2D eigenvalue weighted by molar-refractivity contribution is 7.51. The number of aryl methyl sites for hydroxylation is 2. The summed E-state index contributed by atoms with van der Waals surface area (Å²) in [4.78, 5) is 37.0. The van der Waals surface area contributed by atoms with Crippen LogP contribution in [0.15, 0.2) is 53.6 Å². The zero-order valence-corrected chi connectivity index (χ0v) is 16.1. The summed E-state index contributed by atoms with van der Waals surface area (Å²) < 4.78 is 14.5. The van der Waals surface area contributed by atoms with E-state index in [1.165, 1.54) is 11.6 Å². The molecule has 0 fully saturated rings. The van der Waals surface area contributed by atoms with Crippen molar-refractivity contribution in [1.82, 2.24) is 14.5 Å². The summed E-state index contributed by atoms with van der Waals surface area (Å²) >= 11 is 0. The number of aromatic amines is 1. The number of anilines is 1. The van der Waals surface area contributed by atoms with Crippen molar-refractivity contribution in [3.05, 3.63) is 64.7 Å². The van der Waals surface area contributed by atoms with Gasteiger partial charge in [0.1, 0.15) is 0 Å². The van der Waals surface area contributed by atoms with Crippen LogP contribution in [0.3, 0.4) is 0 Å². The molecule has 0 spiro atoms. The van der Waals surface area contributed by atoms with E-state index in [2.05, 4.69) is 22.1 Å². The molecule has 9 nitrogen and oxygen atoms in total. The molecule has 5 N–H and O–H groups in total. The number of nitrogens with zero attached hydrogens (tertiary/aromatic N) is 3. The van der Waals surface area contributed by atoms with Gasteiger partial charge in [0.15, 0.2) is 6.33 Å². The fraction of sp³-hybridized carbons (Fsp3) is 0.278. The second-order valence-corrected chi connectivity index (χ2v) is 8.19. The van der Waals surface area contributed by atoms with E-state index in [1.807, 2.05) is 22.8 Å². The topological polar surface area (TPSA) is 138 Å². The summed E-state index contributed by atoms with van der Waals surface area (Å²) in [5.74, 6) is 0.0208. The van der Waals surface area contributed by atoms with Gasteiger partial charge in [-0.25, -0.2) is 4.57 Å². The van der Waals surface area contributed by atoms with Crippen molar-refractivity contribution in [2.24, 2.45) is 0 Å². The summed E-state index contributed by atoms with van der Waals surface area (Å²) in [6.45, 7) is 0.942. The molecule has 3 rings (SSSR count). The zero-order chi connectivity index (χ0) is 20.1. The van der Waals surface area contributed by atoms with Crippen LogP contribution in [0, 0.1) is 0 Å². The number of nitrogens with two attached hydrogens (primary N) is 1. The van der Waals surface area contributed by atoms with Gasteiger partial charge in [-0.2, -0.15) is 0 Å². The fourth-order valence-corrected chi connectivity index (χ4v) is 3.44. The fourth-order valence-electron chi connectivity index (χ4n) is 3.01. The lowest BCUT2D eigenvalue weighted by atomic mass is 10.1. The molecule has 0 aliphatic heterocycles. The molecule has 2 aromatic heterocycles. The van der Waals surface area contributed by atoms with Gasteiger partial charge in [0, 0.05) is 0 Å². The number of benzene rings is 1. The summed E-state index contributed by atoms with van der Waals surface area (Å²) in [5, 5.41) is 0. The first-order chi connectivity index (χ1) is 13.3. The standard InChI is InChI=1S/C18H22N5O4P/c19-18-20-16-15(17(24)21-18)22(11-6-9-14-7-2-1-3-8-14)13-23(16)10-4-5-12-28(25,26)27/h1-5,7-8,13H,6,9-12H2,(H4-,19,20,21,24,25,26,27)/p+1/b5-4-. The lowest BCUT2D eigenvalue weighted by Gasteiger charge is -2.01. The number of H-pyrrole nitrogens is 1. The van der Waals surface area contributed by atoms with Crippen molar-refractivity contribution < 1.29 is 18.9 Å². The Hall–Kier alpha value is -2.74. The summed E-state index contributed by atoms with van der Waals surface area (Å²) in [6.07, 6.45) is 6.21. The molecule has 0 unspecified atom stereocenters. The molecule has 0 saturated carbocycles. The molecule has 1 aromatic carbocycles. The maximum Gasteiger partial charge on any atom is 0.329 e. The third kappa shape index (κ3) is 5.16. The van der Waals surface area contributed by atoms with Crippen LogP contribution in [0.1, 0.15) is 12.0 Å². The lowest BCUT2D eigenvalue weighted by molar-refractivity contribution is -0.663. The van der Waals surface area contributed by atoms with Gasteiger partial charge < -0.3 is 15.5 Å². The highest BCUT2D eigenvalue weighted by atomic mass is 31.2. The average Bonchev–Trinajstić information content (AvgIpc) is 2.97. The van der Waals surface area contributed by atoms with Crippen LogP contribution in [0.2, 0.25) is 0 Å². The lowest BCUT2D eigenvalue weighted by Crippen LogP contribution is -2.32. The number of fused-ring (bicyclic) bond motifs is 1. The van der Waals surface area contributed by atoms with E-state index >= 15 is 0 Å². The van der Waals surface area contributed by atoms with Gasteiger partial charge >= 0.3 is 13.2 Å². The Labute approximate surface area is 161 Å². The van der Waals surface area contributed by atoms with Gasteiger partial charge in [0.25, 0.3) is 11.5 Å². The quantitative estimate of drug-likeness (QED) is 0.251. The first kappa shape index (κ1) is 20.0. The minimum atomic E-state index is -4.08. The number of hydrogen-bond acceptors (Lipinski definition) is 4. The zero-order valence-electron chi connectivity index (χ0n) is 15.2. The minimum absolute atomic E-state index is 0.0208. The second kappa shape index (κ2) is 8.52. The molecule has 0 amide bonds. The Kier molecular flexibility index (Phi) is 6.08. The van der Waals surface area contributed by atoms with Gasteiger partial charge in [0.2, 0.25) is 5.52 Å². The molecule has 0 atom stereocenters. The summed E-state index contributed by atoms with van der Waals surface area (Å²) in [5.41, 5.74) is 7.44. The third-order valence-electron chi connectivity index (χ3n) is 4.25. The molecule has 10 heteroatoms. The highest BCUT2D eigenvalue weighted by Gasteiger charge is 2.20. The predicted molar refractivity (Wildman–Crippen MR) is 106 cm³/mol. The van der Waals surface area contributed by atoms with Crippen LogP contribution in [-0.2, 0) is 24.1 Å². The largest absolute Gasteiger partial charge is 0.355 e. The monoisotopic (exact) mass is 404 g/mol. The smallest absolute Gasteiger partial charge is 0.329 e. The first-order valence-corrected chi connectivity index (χ1v) is 10.6. The molecule has 2 heterocycles. The van der Waals surface area contributed by atoms with E-state index in [4.69, 9.17) is 15.5 Å². The number of rotatable bonds is 8. The molecular formula is C18H23N5O4P+. The van der Waals surface area contributed by atoms with Crippen molar-refractivity contribution in [3.8, 4) is 0 Å². The van der Waals surface area contributed by atoms with Crippen LogP contribution >= 0.6 is 7.60 Å². The maximum absolute atomic E-state index is 12.4. The van der Waals surface area contributed by atoms with E-state index in [0.29, 0.717) is 24.3 Å². The summed E-state index contributed by atoms with van der Waals surface area (Å²) in [6, 6.07) is 10.1. The van der Waals surface area contributed by atoms with Gasteiger partial charge in [0.05, 0.1) is 19.3 Å². The van der Waals surface area contributed by atoms with E-state index < -0.39 is 7.60 Å². The number of nitrogen functional groups attached to an aromatic ring is 1. The maximum atomic E-state index is 12.4. The van der Waals surface area contributed by atoms with Gasteiger partial charge in [-0.1, -0.05) is 47.5 Å². The minimum Gasteiger partial charge on any atom is -0.355 e. The van der Waals surface area contributed by atoms with Crippen molar-refractivity contribution in [3.63, 3.8) is 0 Å². The second-order valence-electron chi connectivity index (χ2n) is 6.49. The Bertz CT molecular complexity index is 1080. The van der Waals surface area contributed by atoms with Crippen molar-refractivity contribution in [1.29, 1.82) is 0 Å². The Balaban J connectivity index is 1.81. The van der Waals surface area contributed by atoms with Gasteiger partial charge in [-0.15, -0.1) is 0 Å². The normalized spacial score (nSPS) is 12.2. The molecule has 0 saturated heterocycles. The molecular weight excluding hydrogens is 381 g/mol. The van der Waals surface area contributed by atoms with Crippen LogP contribution in [0.5, 0.6) is 0 Å². The van der Waals surface area contributed by atoms with Gasteiger partial charge in [-0.05, 0) is 18.4 Å². The molecule has 28 heavy (non-hydrogen) atoms. The molecule has 0 aliphatic carbocycles. The highest BCUT2D eigenvalue weighted by Crippen LogP contribution is 2.33. The first-order valence-electron chi connectivity index (χ1n) is 8.85. The Morgan fingerprint density at radius 1 is 1.25 bits per heavy atom. The number of allylic oxidation sites excluding steroid dienone is 2. The van der Waals surface area contributed by atoms with Crippen LogP contribution in [0.4, 0.5) is 5.95 Å². The van der Waals surface area contributed by atoms with Crippen molar-refractivity contribution >= 4 is 24.7 Å².